The Morgan fingerprint density at radius 2 is 1.76 bits per heavy atom. The van der Waals surface area contributed by atoms with Gasteiger partial charge < -0.3 is 16.2 Å². The summed E-state index contributed by atoms with van der Waals surface area (Å²) in [7, 11) is 0. The zero-order valence-electron chi connectivity index (χ0n) is 17.1. The molecule has 29 heavy (non-hydrogen) atoms. The first-order valence-electron chi connectivity index (χ1n) is 10.4. The predicted octanol–water partition coefficient (Wildman–Crippen LogP) is 1.63. The largest absolute Gasteiger partial charge is 0.481 e. The minimum absolute atomic E-state index is 0.0184. The van der Waals surface area contributed by atoms with E-state index in [1.807, 2.05) is 13.8 Å². The van der Waals surface area contributed by atoms with Crippen LogP contribution in [0.25, 0.3) is 0 Å². The number of anilines is 2. The zero-order valence-corrected chi connectivity index (χ0v) is 17.1. The number of rotatable bonds is 7. The molecule has 2 aliphatic carbocycles. The van der Waals surface area contributed by atoms with Crippen LogP contribution in [0.4, 0.5) is 11.5 Å². The Bertz CT molecular complexity index is 934. The molecule has 9 nitrogen and oxygen atoms in total. The van der Waals surface area contributed by atoms with Crippen LogP contribution < -0.4 is 22.3 Å². The Kier molecular flexibility index (Phi) is 5.86. The number of aliphatic carboxylic acids is 1. The quantitative estimate of drug-likeness (QED) is 0.629. The lowest BCUT2D eigenvalue weighted by atomic mass is 9.70. The Balaban J connectivity index is 1.94. The molecule has 160 valence electrons. The molecule has 0 saturated heterocycles. The highest BCUT2D eigenvalue weighted by molar-refractivity contribution is 5.97. The van der Waals surface area contributed by atoms with E-state index < -0.39 is 28.6 Å². The van der Waals surface area contributed by atoms with Crippen molar-refractivity contribution in [2.45, 2.75) is 71.9 Å². The molecule has 3 unspecified atom stereocenters. The highest BCUT2D eigenvalue weighted by atomic mass is 16.4. The van der Waals surface area contributed by atoms with E-state index in [1.165, 1.54) is 4.57 Å². The highest BCUT2D eigenvalue weighted by Gasteiger charge is 2.52. The summed E-state index contributed by atoms with van der Waals surface area (Å²) in [5.74, 6) is -1.54. The number of carboxylic acid groups (broad SMARTS) is 1. The number of fused-ring (bicyclic) bond motifs is 2. The van der Waals surface area contributed by atoms with Crippen LogP contribution in [-0.2, 0) is 22.7 Å². The number of hydrogen-bond acceptors (Lipinski definition) is 5. The van der Waals surface area contributed by atoms with Gasteiger partial charge in [-0.2, -0.15) is 0 Å². The van der Waals surface area contributed by atoms with Gasteiger partial charge in [0.05, 0.1) is 5.92 Å². The number of nitrogens with zero attached hydrogens (tertiary/aromatic N) is 2. The van der Waals surface area contributed by atoms with E-state index in [0.29, 0.717) is 51.5 Å². The van der Waals surface area contributed by atoms with Gasteiger partial charge in [0, 0.05) is 18.5 Å². The van der Waals surface area contributed by atoms with Crippen molar-refractivity contribution in [3.63, 3.8) is 0 Å². The van der Waals surface area contributed by atoms with Crippen LogP contribution in [0.3, 0.4) is 0 Å². The van der Waals surface area contributed by atoms with Crippen LogP contribution in [0, 0.1) is 17.3 Å². The van der Waals surface area contributed by atoms with Crippen LogP contribution in [0.15, 0.2) is 9.59 Å². The first-order chi connectivity index (χ1) is 13.8. The summed E-state index contributed by atoms with van der Waals surface area (Å²) in [5.41, 5.74) is 4.37. The second-order valence-corrected chi connectivity index (χ2v) is 8.37. The van der Waals surface area contributed by atoms with Gasteiger partial charge in [-0.3, -0.25) is 23.5 Å². The Morgan fingerprint density at radius 1 is 1.14 bits per heavy atom. The summed E-state index contributed by atoms with van der Waals surface area (Å²) >= 11 is 0. The monoisotopic (exact) mass is 406 g/mol. The third kappa shape index (κ3) is 3.58. The third-order valence-electron chi connectivity index (χ3n) is 6.55. The van der Waals surface area contributed by atoms with Gasteiger partial charge in [0.2, 0.25) is 5.91 Å². The molecule has 0 radical (unpaired) electrons. The van der Waals surface area contributed by atoms with E-state index in [1.54, 1.807) is 0 Å². The summed E-state index contributed by atoms with van der Waals surface area (Å²) in [4.78, 5) is 50.2. The summed E-state index contributed by atoms with van der Waals surface area (Å²) < 4.78 is 2.46. The second kappa shape index (κ2) is 8.04. The molecule has 1 aromatic rings. The molecule has 1 amide bonds. The van der Waals surface area contributed by atoms with Crippen molar-refractivity contribution in [1.82, 2.24) is 9.13 Å². The fourth-order valence-corrected chi connectivity index (χ4v) is 4.99. The third-order valence-corrected chi connectivity index (χ3v) is 6.55. The molecule has 4 N–H and O–H groups in total. The van der Waals surface area contributed by atoms with E-state index in [2.05, 4.69) is 5.32 Å². The molecule has 2 saturated carbocycles. The fourth-order valence-electron chi connectivity index (χ4n) is 4.99. The first kappa shape index (κ1) is 21.1. The maximum Gasteiger partial charge on any atom is 0.332 e. The molecule has 2 fully saturated rings. The lowest BCUT2D eigenvalue weighted by molar-refractivity contribution is -0.146. The van der Waals surface area contributed by atoms with Gasteiger partial charge in [0.1, 0.15) is 11.5 Å². The Hall–Kier alpha value is -2.58. The number of amides is 1. The fraction of sp³-hybridized carbons (Fsp3) is 0.700. The van der Waals surface area contributed by atoms with E-state index >= 15 is 0 Å². The van der Waals surface area contributed by atoms with Crippen molar-refractivity contribution in [3.8, 4) is 0 Å². The first-order valence-corrected chi connectivity index (χ1v) is 10.4. The van der Waals surface area contributed by atoms with E-state index in [9.17, 15) is 24.3 Å². The molecule has 0 aromatic carbocycles. The maximum atomic E-state index is 13.2. The summed E-state index contributed by atoms with van der Waals surface area (Å²) in [5, 5.41) is 12.1. The number of carbonyl (C=O) groups excluding carboxylic acids is 1. The second-order valence-electron chi connectivity index (χ2n) is 8.37. The number of aromatic nitrogens is 2. The van der Waals surface area contributed by atoms with E-state index in [-0.39, 0.29) is 29.9 Å². The molecule has 9 heteroatoms. The normalized spacial score (nSPS) is 25.7. The van der Waals surface area contributed by atoms with Gasteiger partial charge in [-0.15, -0.1) is 0 Å². The molecule has 1 heterocycles. The molecule has 1 aromatic heterocycles. The molecule has 3 atom stereocenters. The lowest BCUT2D eigenvalue weighted by Gasteiger charge is -2.34. The maximum absolute atomic E-state index is 13.2. The minimum atomic E-state index is -0.802. The zero-order chi connectivity index (χ0) is 21.3. The van der Waals surface area contributed by atoms with Crippen molar-refractivity contribution in [2.24, 2.45) is 17.3 Å². The minimum Gasteiger partial charge on any atom is -0.481 e. The highest BCUT2D eigenvalue weighted by Crippen LogP contribution is 2.54. The van der Waals surface area contributed by atoms with Crippen molar-refractivity contribution < 1.29 is 14.7 Å². The van der Waals surface area contributed by atoms with Crippen LogP contribution in [0.1, 0.15) is 58.8 Å². The molecule has 0 aliphatic heterocycles. The predicted molar refractivity (Wildman–Crippen MR) is 109 cm³/mol. The van der Waals surface area contributed by atoms with Gasteiger partial charge in [-0.1, -0.05) is 13.8 Å². The number of carboxylic acids is 1. The van der Waals surface area contributed by atoms with Crippen LogP contribution in [0.2, 0.25) is 0 Å². The van der Waals surface area contributed by atoms with Gasteiger partial charge >= 0.3 is 11.7 Å². The van der Waals surface area contributed by atoms with E-state index in [0.717, 1.165) is 4.57 Å². The van der Waals surface area contributed by atoms with Crippen LogP contribution in [0.5, 0.6) is 0 Å². The smallest absolute Gasteiger partial charge is 0.332 e. The average Bonchev–Trinajstić information content (AvgIpc) is 3.03. The Labute approximate surface area is 168 Å². The molecular formula is C20H30N4O5. The van der Waals surface area contributed by atoms with Crippen LogP contribution >= 0.6 is 0 Å². The molecule has 3 rings (SSSR count). The van der Waals surface area contributed by atoms with Crippen molar-refractivity contribution in [3.05, 3.63) is 20.8 Å². The number of nitrogens with two attached hydrogens (primary N) is 1. The summed E-state index contributed by atoms with van der Waals surface area (Å²) in [6.07, 6.45) is 3.99. The number of carbonyl (C=O) groups is 2. The molecule has 2 bridgehead atoms. The number of hydrogen-bond donors (Lipinski definition) is 3. The summed E-state index contributed by atoms with van der Waals surface area (Å²) in [6, 6.07) is 0. The average molecular weight is 406 g/mol. The topological polar surface area (TPSA) is 136 Å². The lowest BCUT2D eigenvalue weighted by Crippen LogP contribution is -2.45. The van der Waals surface area contributed by atoms with Crippen molar-refractivity contribution in [2.75, 3.05) is 11.1 Å². The van der Waals surface area contributed by atoms with Gasteiger partial charge in [0.15, 0.2) is 0 Å². The van der Waals surface area contributed by atoms with Gasteiger partial charge in [0.25, 0.3) is 5.56 Å². The molecular weight excluding hydrogens is 376 g/mol. The van der Waals surface area contributed by atoms with Crippen molar-refractivity contribution >= 4 is 23.4 Å². The van der Waals surface area contributed by atoms with Crippen molar-refractivity contribution in [1.29, 1.82) is 0 Å². The summed E-state index contributed by atoms with van der Waals surface area (Å²) in [6.45, 7) is 4.37. The SMILES string of the molecule is CCCn1c(N)c(NC(=O)C23CCC(C2)C(C(=O)O)CC3)c(=O)n(CCC)c1=O. The van der Waals surface area contributed by atoms with Gasteiger partial charge in [-0.05, 0) is 50.9 Å². The Morgan fingerprint density at radius 3 is 2.38 bits per heavy atom. The number of nitrogen functional groups attached to an aromatic ring is 1. The number of nitrogens with one attached hydrogen (secondary N) is 1. The van der Waals surface area contributed by atoms with E-state index in [4.69, 9.17) is 5.73 Å². The standard InChI is InChI=1S/C20H30N4O5/c1-3-9-23-15(21)14(16(25)24(10-4-2)19(23)29)22-18(28)20-7-5-12(11-20)13(6-8-20)17(26)27/h12-13H,3-11,21H2,1-2H3,(H,22,28)(H,26,27). The molecule has 2 aliphatic rings. The molecule has 0 spiro atoms. The van der Waals surface area contributed by atoms with Gasteiger partial charge in [-0.25, -0.2) is 4.79 Å². The van der Waals surface area contributed by atoms with Crippen LogP contribution in [-0.4, -0.2) is 26.1 Å².